The fourth-order valence-electron chi connectivity index (χ4n) is 2.39. The van der Waals surface area contributed by atoms with Gasteiger partial charge >= 0.3 is 0 Å². The van der Waals surface area contributed by atoms with Gasteiger partial charge in [-0.25, -0.2) is 0 Å². The third-order valence-corrected chi connectivity index (χ3v) is 3.81. The molecule has 0 aliphatic carbocycles. The summed E-state index contributed by atoms with van der Waals surface area (Å²) in [7, 11) is 0. The molecule has 2 N–H and O–H groups in total. The van der Waals surface area contributed by atoms with Gasteiger partial charge in [0, 0.05) is 16.6 Å². The maximum atomic E-state index is 12.2. The summed E-state index contributed by atoms with van der Waals surface area (Å²) in [5.41, 5.74) is 2.15. The number of pyridine rings is 1. The van der Waals surface area contributed by atoms with Crippen LogP contribution < -0.4 is 5.32 Å². The van der Waals surface area contributed by atoms with Crippen molar-refractivity contribution >= 4 is 34.1 Å². The Hall–Kier alpha value is -2.43. The number of aromatic nitrogens is 1. The lowest BCUT2D eigenvalue weighted by Gasteiger charge is -2.12. The summed E-state index contributed by atoms with van der Waals surface area (Å²) < 4.78 is 0. The maximum absolute atomic E-state index is 12.2. The molecule has 23 heavy (non-hydrogen) atoms. The molecule has 3 rings (SSSR count). The molecule has 2 aromatic carbocycles. The average Bonchev–Trinajstić information content (AvgIpc) is 2.55. The molecule has 0 fully saturated rings. The van der Waals surface area contributed by atoms with E-state index in [1.807, 2.05) is 30.3 Å². The SMILES string of the molecule is O=C(CC(O)c1ccc(Cl)cc1)Nc1cccc2ncccc12. The Balaban J connectivity index is 1.72. The Kier molecular flexibility index (Phi) is 4.55. The van der Waals surface area contributed by atoms with E-state index in [1.165, 1.54) is 0 Å². The van der Waals surface area contributed by atoms with E-state index in [-0.39, 0.29) is 12.3 Å². The van der Waals surface area contributed by atoms with Crippen LogP contribution in [0.2, 0.25) is 5.02 Å². The molecule has 5 heteroatoms. The lowest BCUT2D eigenvalue weighted by atomic mass is 10.1. The van der Waals surface area contributed by atoms with Crippen LogP contribution >= 0.6 is 11.6 Å². The number of hydrogen-bond acceptors (Lipinski definition) is 3. The number of rotatable bonds is 4. The molecule has 1 amide bonds. The number of aliphatic hydroxyl groups is 1. The van der Waals surface area contributed by atoms with Crippen LogP contribution in [0.15, 0.2) is 60.8 Å². The van der Waals surface area contributed by atoms with E-state index in [0.29, 0.717) is 16.3 Å². The van der Waals surface area contributed by atoms with E-state index in [0.717, 1.165) is 10.9 Å². The van der Waals surface area contributed by atoms with Gasteiger partial charge in [-0.2, -0.15) is 0 Å². The lowest BCUT2D eigenvalue weighted by molar-refractivity contribution is -0.118. The first-order valence-corrected chi connectivity index (χ1v) is 7.58. The number of nitrogens with zero attached hydrogens (tertiary/aromatic N) is 1. The van der Waals surface area contributed by atoms with Gasteiger partial charge in [-0.15, -0.1) is 0 Å². The summed E-state index contributed by atoms with van der Waals surface area (Å²) in [4.78, 5) is 16.4. The highest BCUT2D eigenvalue weighted by Gasteiger charge is 2.14. The second-order valence-electron chi connectivity index (χ2n) is 5.20. The van der Waals surface area contributed by atoms with Crippen molar-refractivity contribution in [3.8, 4) is 0 Å². The number of anilines is 1. The average molecular weight is 327 g/mol. The predicted molar refractivity (Wildman–Crippen MR) is 91.4 cm³/mol. The third-order valence-electron chi connectivity index (χ3n) is 3.55. The van der Waals surface area contributed by atoms with Crippen LogP contribution in [-0.4, -0.2) is 16.0 Å². The molecule has 0 saturated heterocycles. The van der Waals surface area contributed by atoms with Crippen LogP contribution in [0, 0.1) is 0 Å². The van der Waals surface area contributed by atoms with Crippen LogP contribution in [0.3, 0.4) is 0 Å². The van der Waals surface area contributed by atoms with Crippen molar-refractivity contribution in [2.45, 2.75) is 12.5 Å². The molecule has 1 heterocycles. The quantitative estimate of drug-likeness (QED) is 0.763. The summed E-state index contributed by atoms with van der Waals surface area (Å²) in [6.45, 7) is 0. The zero-order valence-electron chi connectivity index (χ0n) is 12.2. The van der Waals surface area contributed by atoms with Gasteiger partial charge in [0.05, 0.1) is 23.7 Å². The number of benzene rings is 2. The van der Waals surface area contributed by atoms with Gasteiger partial charge in [0.2, 0.25) is 5.91 Å². The number of carbonyl (C=O) groups excluding carboxylic acids is 1. The van der Waals surface area contributed by atoms with Gasteiger partial charge in [-0.05, 0) is 42.0 Å². The third kappa shape index (κ3) is 3.67. The second-order valence-corrected chi connectivity index (χ2v) is 5.63. The minimum atomic E-state index is -0.875. The van der Waals surface area contributed by atoms with Crippen molar-refractivity contribution in [2.75, 3.05) is 5.32 Å². The lowest BCUT2D eigenvalue weighted by Crippen LogP contribution is -2.15. The van der Waals surface area contributed by atoms with E-state index in [4.69, 9.17) is 11.6 Å². The first kappa shape index (κ1) is 15.5. The molecule has 1 unspecified atom stereocenters. The standard InChI is InChI=1S/C18H15ClN2O2/c19-13-8-6-12(7-9-13)17(22)11-18(23)21-16-5-1-4-15-14(16)3-2-10-20-15/h1-10,17,22H,11H2,(H,21,23). The fraction of sp³-hybridized carbons (Fsp3) is 0.111. The van der Waals surface area contributed by atoms with Gasteiger partial charge in [0.1, 0.15) is 0 Å². The summed E-state index contributed by atoms with van der Waals surface area (Å²) >= 11 is 5.82. The minimum absolute atomic E-state index is 0.0295. The Morgan fingerprint density at radius 2 is 1.91 bits per heavy atom. The summed E-state index contributed by atoms with van der Waals surface area (Å²) in [6.07, 6.45) is 0.802. The molecule has 116 valence electrons. The second kappa shape index (κ2) is 6.77. The normalized spacial score (nSPS) is 12.1. The largest absolute Gasteiger partial charge is 0.388 e. The van der Waals surface area contributed by atoms with Gasteiger partial charge in [-0.3, -0.25) is 9.78 Å². The Morgan fingerprint density at radius 1 is 1.13 bits per heavy atom. The van der Waals surface area contributed by atoms with E-state index < -0.39 is 6.10 Å². The molecule has 4 nitrogen and oxygen atoms in total. The first-order chi connectivity index (χ1) is 11.1. The maximum Gasteiger partial charge on any atom is 0.227 e. The van der Waals surface area contributed by atoms with E-state index in [9.17, 15) is 9.90 Å². The molecule has 1 atom stereocenters. The van der Waals surface area contributed by atoms with Crippen molar-refractivity contribution < 1.29 is 9.90 Å². The molecular formula is C18H15ClN2O2. The van der Waals surface area contributed by atoms with Crippen LogP contribution in [0.5, 0.6) is 0 Å². The number of fused-ring (bicyclic) bond motifs is 1. The van der Waals surface area contributed by atoms with Crippen LogP contribution in [0.1, 0.15) is 18.1 Å². The highest BCUT2D eigenvalue weighted by atomic mass is 35.5. The van der Waals surface area contributed by atoms with E-state index in [2.05, 4.69) is 10.3 Å². The van der Waals surface area contributed by atoms with Gasteiger partial charge < -0.3 is 10.4 Å². The molecule has 0 aliphatic heterocycles. The van der Waals surface area contributed by atoms with Crippen LogP contribution in [0.4, 0.5) is 5.69 Å². The van der Waals surface area contributed by atoms with Gasteiger partial charge in [0.25, 0.3) is 0 Å². The van der Waals surface area contributed by atoms with Crippen molar-refractivity contribution in [1.29, 1.82) is 0 Å². The van der Waals surface area contributed by atoms with Gasteiger partial charge in [-0.1, -0.05) is 29.8 Å². The van der Waals surface area contributed by atoms with Gasteiger partial charge in [0.15, 0.2) is 0 Å². The number of amides is 1. The molecular weight excluding hydrogens is 312 g/mol. The molecule has 3 aromatic rings. The monoisotopic (exact) mass is 326 g/mol. The highest BCUT2D eigenvalue weighted by molar-refractivity contribution is 6.30. The van der Waals surface area contributed by atoms with Crippen molar-refractivity contribution in [1.82, 2.24) is 4.98 Å². The minimum Gasteiger partial charge on any atom is -0.388 e. The van der Waals surface area contributed by atoms with E-state index in [1.54, 1.807) is 30.5 Å². The molecule has 0 saturated carbocycles. The number of carbonyl (C=O) groups is 1. The molecule has 0 radical (unpaired) electrons. The molecule has 0 spiro atoms. The topological polar surface area (TPSA) is 62.2 Å². The van der Waals surface area contributed by atoms with E-state index >= 15 is 0 Å². The summed E-state index contributed by atoms with van der Waals surface area (Å²) in [6, 6.07) is 16.0. The van der Waals surface area contributed by atoms with Crippen LogP contribution in [-0.2, 0) is 4.79 Å². The smallest absolute Gasteiger partial charge is 0.227 e. The zero-order valence-corrected chi connectivity index (χ0v) is 13.0. The highest BCUT2D eigenvalue weighted by Crippen LogP contribution is 2.23. The number of hydrogen-bond donors (Lipinski definition) is 2. The summed E-state index contributed by atoms with van der Waals surface area (Å²) in [5, 5.41) is 14.4. The fourth-order valence-corrected chi connectivity index (χ4v) is 2.52. The predicted octanol–water partition coefficient (Wildman–Crippen LogP) is 3.95. The Bertz CT molecular complexity index is 829. The first-order valence-electron chi connectivity index (χ1n) is 7.20. The zero-order chi connectivity index (χ0) is 16.2. The van der Waals surface area contributed by atoms with Crippen molar-refractivity contribution in [3.05, 3.63) is 71.4 Å². The Labute approximate surface area is 138 Å². The van der Waals surface area contributed by atoms with Crippen molar-refractivity contribution in [2.24, 2.45) is 0 Å². The Morgan fingerprint density at radius 3 is 2.70 bits per heavy atom. The molecule has 0 bridgehead atoms. The number of nitrogens with one attached hydrogen (secondary N) is 1. The number of aliphatic hydroxyl groups excluding tert-OH is 1. The number of halogens is 1. The summed E-state index contributed by atoms with van der Waals surface area (Å²) in [5.74, 6) is -0.260. The molecule has 1 aromatic heterocycles. The molecule has 0 aliphatic rings. The van der Waals surface area contributed by atoms with Crippen molar-refractivity contribution in [3.63, 3.8) is 0 Å². The van der Waals surface area contributed by atoms with Crippen LogP contribution in [0.25, 0.3) is 10.9 Å².